The molecule has 21 heavy (non-hydrogen) atoms. The number of likely N-dealkylation sites (tertiary alicyclic amines) is 1. The van der Waals surface area contributed by atoms with E-state index in [0.29, 0.717) is 19.5 Å². The van der Waals surface area contributed by atoms with Crippen LogP contribution in [-0.4, -0.2) is 68.5 Å². The smallest absolute Gasteiger partial charge is 0.315 e. The minimum Gasteiger partial charge on any atom is -0.369 e. The molecule has 0 saturated carbocycles. The Hall–Kier alpha value is -1.35. The van der Waals surface area contributed by atoms with Gasteiger partial charge in [0.1, 0.15) is 0 Å². The number of hydrogen-bond acceptors (Lipinski definition) is 5. The molecule has 1 atom stereocenters. The standard InChI is InChI=1S/C12H22N4O4S/c13-11(17)7-16-4-1-9(2-5-16)14-12(18)15-10-3-6-21(19,20)8-10/h9-10H,1-8H2,(H2,13,17)(H2,14,15,18)/t10-/m1/s1. The first-order chi connectivity index (χ1) is 9.84. The fourth-order valence-electron chi connectivity index (χ4n) is 2.78. The molecule has 2 saturated heterocycles. The van der Waals surface area contributed by atoms with E-state index in [-0.39, 0.29) is 42.1 Å². The predicted octanol–water partition coefficient (Wildman–Crippen LogP) is -1.58. The van der Waals surface area contributed by atoms with Crippen molar-refractivity contribution in [2.75, 3.05) is 31.1 Å². The molecule has 0 aliphatic carbocycles. The molecule has 0 bridgehead atoms. The van der Waals surface area contributed by atoms with Gasteiger partial charge in [0.15, 0.2) is 9.84 Å². The second-order valence-electron chi connectivity index (χ2n) is 5.73. The molecule has 0 aromatic carbocycles. The summed E-state index contributed by atoms with van der Waals surface area (Å²) in [5.41, 5.74) is 5.14. The highest BCUT2D eigenvalue weighted by Crippen LogP contribution is 2.12. The van der Waals surface area contributed by atoms with Crippen LogP contribution in [0, 0.1) is 0 Å². The molecular formula is C12H22N4O4S. The largest absolute Gasteiger partial charge is 0.369 e. The van der Waals surface area contributed by atoms with Crippen molar-refractivity contribution in [1.29, 1.82) is 0 Å². The van der Waals surface area contributed by atoms with Crippen LogP contribution in [0.2, 0.25) is 0 Å². The number of hydrogen-bond donors (Lipinski definition) is 3. The van der Waals surface area contributed by atoms with E-state index in [4.69, 9.17) is 5.73 Å². The third kappa shape index (κ3) is 5.16. The van der Waals surface area contributed by atoms with Crippen LogP contribution in [0.3, 0.4) is 0 Å². The van der Waals surface area contributed by atoms with Gasteiger partial charge in [0, 0.05) is 25.2 Å². The minimum absolute atomic E-state index is 0.0253. The van der Waals surface area contributed by atoms with Gasteiger partial charge in [-0.05, 0) is 19.3 Å². The number of urea groups is 1. The highest BCUT2D eigenvalue weighted by molar-refractivity contribution is 7.91. The lowest BCUT2D eigenvalue weighted by molar-refractivity contribution is -0.119. The number of amides is 3. The maximum Gasteiger partial charge on any atom is 0.315 e. The molecule has 120 valence electrons. The molecule has 0 spiro atoms. The Morgan fingerprint density at radius 3 is 2.24 bits per heavy atom. The summed E-state index contributed by atoms with van der Waals surface area (Å²) >= 11 is 0. The van der Waals surface area contributed by atoms with Gasteiger partial charge in [-0.25, -0.2) is 13.2 Å². The molecule has 0 unspecified atom stereocenters. The molecule has 2 heterocycles. The third-order valence-corrected chi connectivity index (χ3v) is 5.64. The molecule has 0 aromatic rings. The van der Waals surface area contributed by atoms with Crippen LogP contribution < -0.4 is 16.4 Å². The zero-order valence-corrected chi connectivity index (χ0v) is 12.7. The van der Waals surface area contributed by atoms with Crippen LogP contribution in [0.1, 0.15) is 19.3 Å². The second kappa shape index (κ2) is 6.61. The van der Waals surface area contributed by atoms with Crippen LogP contribution in [0.5, 0.6) is 0 Å². The molecule has 2 aliphatic heterocycles. The van der Waals surface area contributed by atoms with Crippen LogP contribution in [0.15, 0.2) is 0 Å². The Labute approximate surface area is 124 Å². The predicted molar refractivity (Wildman–Crippen MR) is 77.4 cm³/mol. The van der Waals surface area contributed by atoms with Gasteiger partial charge in [0.25, 0.3) is 0 Å². The molecule has 2 rings (SSSR count). The van der Waals surface area contributed by atoms with Crippen LogP contribution in [0.25, 0.3) is 0 Å². The molecule has 8 nitrogen and oxygen atoms in total. The second-order valence-corrected chi connectivity index (χ2v) is 7.96. The highest BCUT2D eigenvalue weighted by Gasteiger charge is 2.29. The molecule has 2 fully saturated rings. The van der Waals surface area contributed by atoms with E-state index in [2.05, 4.69) is 10.6 Å². The van der Waals surface area contributed by atoms with Crippen molar-refractivity contribution in [3.8, 4) is 0 Å². The third-order valence-electron chi connectivity index (χ3n) is 3.87. The molecular weight excluding hydrogens is 296 g/mol. The van der Waals surface area contributed by atoms with Gasteiger partial charge in [-0.15, -0.1) is 0 Å². The Balaban J connectivity index is 1.69. The molecule has 9 heteroatoms. The van der Waals surface area contributed by atoms with Gasteiger partial charge in [-0.3, -0.25) is 9.69 Å². The van der Waals surface area contributed by atoms with E-state index >= 15 is 0 Å². The number of primary amides is 1. The van der Waals surface area contributed by atoms with E-state index in [1.54, 1.807) is 0 Å². The molecule has 3 amide bonds. The van der Waals surface area contributed by atoms with Crippen LogP contribution in [-0.2, 0) is 14.6 Å². The summed E-state index contributed by atoms with van der Waals surface area (Å²) in [4.78, 5) is 24.6. The first-order valence-corrected chi connectivity index (χ1v) is 8.94. The minimum atomic E-state index is -2.99. The summed E-state index contributed by atoms with van der Waals surface area (Å²) in [6.07, 6.45) is 1.99. The summed E-state index contributed by atoms with van der Waals surface area (Å²) in [5, 5.41) is 5.57. The average molecular weight is 318 g/mol. The lowest BCUT2D eigenvalue weighted by Crippen LogP contribution is -2.51. The summed E-state index contributed by atoms with van der Waals surface area (Å²) in [5.74, 6) is -0.178. The summed E-state index contributed by atoms with van der Waals surface area (Å²) in [6.45, 7) is 1.68. The molecule has 0 radical (unpaired) electrons. The zero-order chi connectivity index (χ0) is 15.5. The van der Waals surface area contributed by atoms with Crippen molar-refractivity contribution in [3.63, 3.8) is 0 Å². The molecule has 4 N–H and O–H groups in total. The van der Waals surface area contributed by atoms with Crippen molar-refractivity contribution in [3.05, 3.63) is 0 Å². The van der Waals surface area contributed by atoms with Crippen LogP contribution in [0.4, 0.5) is 4.79 Å². The topological polar surface area (TPSA) is 122 Å². The number of nitrogens with two attached hydrogens (primary N) is 1. The van der Waals surface area contributed by atoms with E-state index in [9.17, 15) is 18.0 Å². The van der Waals surface area contributed by atoms with Gasteiger partial charge in [0.05, 0.1) is 18.1 Å². The number of piperidine rings is 1. The van der Waals surface area contributed by atoms with E-state index in [1.165, 1.54) is 0 Å². The maximum atomic E-state index is 11.8. The first-order valence-electron chi connectivity index (χ1n) is 7.12. The normalized spacial score (nSPS) is 26.4. The number of carbonyl (C=O) groups is 2. The van der Waals surface area contributed by atoms with Crippen molar-refractivity contribution < 1.29 is 18.0 Å². The Bertz CT molecular complexity index is 499. The van der Waals surface area contributed by atoms with E-state index in [0.717, 1.165) is 12.8 Å². The highest BCUT2D eigenvalue weighted by atomic mass is 32.2. The van der Waals surface area contributed by atoms with E-state index in [1.807, 2.05) is 4.90 Å². The zero-order valence-electron chi connectivity index (χ0n) is 11.9. The van der Waals surface area contributed by atoms with Gasteiger partial charge >= 0.3 is 6.03 Å². The van der Waals surface area contributed by atoms with Crippen LogP contribution >= 0.6 is 0 Å². The lowest BCUT2D eigenvalue weighted by Gasteiger charge is -2.31. The monoisotopic (exact) mass is 318 g/mol. The number of nitrogens with zero attached hydrogens (tertiary/aromatic N) is 1. The molecule has 2 aliphatic rings. The van der Waals surface area contributed by atoms with Crippen molar-refractivity contribution in [1.82, 2.24) is 15.5 Å². The molecule has 0 aromatic heterocycles. The summed E-state index contributed by atoms with van der Waals surface area (Å²) in [7, 11) is -2.99. The summed E-state index contributed by atoms with van der Waals surface area (Å²) in [6, 6.07) is -0.553. The summed E-state index contributed by atoms with van der Waals surface area (Å²) < 4.78 is 22.6. The number of rotatable bonds is 4. The number of sulfone groups is 1. The van der Waals surface area contributed by atoms with Gasteiger partial charge < -0.3 is 16.4 Å². The van der Waals surface area contributed by atoms with Gasteiger partial charge in [-0.1, -0.05) is 0 Å². The quantitative estimate of drug-likeness (QED) is 0.578. The fraction of sp³-hybridized carbons (Fsp3) is 0.833. The van der Waals surface area contributed by atoms with Gasteiger partial charge in [0.2, 0.25) is 5.91 Å². The number of carbonyl (C=O) groups excluding carboxylic acids is 2. The Morgan fingerprint density at radius 1 is 1.10 bits per heavy atom. The van der Waals surface area contributed by atoms with Crippen molar-refractivity contribution in [2.45, 2.75) is 31.3 Å². The van der Waals surface area contributed by atoms with E-state index < -0.39 is 9.84 Å². The Kier molecular flexibility index (Phi) is 5.04. The fourth-order valence-corrected chi connectivity index (χ4v) is 4.45. The van der Waals surface area contributed by atoms with Gasteiger partial charge in [-0.2, -0.15) is 0 Å². The SMILES string of the molecule is NC(=O)CN1CCC(NC(=O)N[C@@H]2CCS(=O)(=O)C2)CC1. The lowest BCUT2D eigenvalue weighted by atomic mass is 10.1. The Morgan fingerprint density at radius 2 is 1.71 bits per heavy atom. The average Bonchev–Trinajstić information content (AvgIpc) is 2.70. The van der Waals surface area contributed by atoms with Crippen molar-refractivity contribution in [2.24, 2.45) is 5.73 Å². The maximum absolute atomic E-state index is 11.8. The first kappa shape index (κ1) is 16.0. The number of nitrogens with one attached hydrogen (secondary N) is 2. The van der Waals surface area contributed by atoms with Crippen molar-refractivity contribution >= 4 is 21.8 Å².